The molecule has 0 aromatic carbocycles. The second kappa shape index (κ2) is 5.26. The zero-order valence-corrected chi connectivity index (χ0v) is 11.1. The van der Waals surface area contributed by atoms with Gasteiger partial charge in [0, 0.05) is 25.7 Å². The number of carbonyl (C=O) groups is 2. The van der Waals surface area contributed by atoms with Gasteiger partial charge in [-0.3, -0.25) is 4.79 Å². The Kier molecular flexibility index (Phi) is 3.90. The number of rotatable bonds is 2. The Morgan fingerprint density at radius 2 is 2.00 bits per heavy atom. The van der Waals surface area contributed by atoms with Crippen LogP contribution >= 0.6 is 0 Å². The molecule has 2 heterocycles. The maximum absolute atomic E-state index is 11.9. The van der Waals surface area contributed by atoms with Crippen molar-refractivity contribution in [2.75, 3.05) is 19.8 Å². The molecule has 2 saturated heterocycles. The third-order valence-electron chi connectivity index (χ3n) is 4.03. The predicted molar refractivity (Wildman–Crippen MR) is 65.0 cm³/mol. The molecule has 0 aromatic heterocycles. The molecule has 0 saturated carbocycles. The molecule has 0 unspecified atom stereocenters. The van der Waals surface area contributed by atoms with E-state index in [0.29, 0.717) is 26.2 Å². The first kappa shape index (κ1) is 13.3. The Bertz CT molecular complexity index is 336. The second-order valence-corrected chi connectivity index (χ2v) is 5.03. The van der Waals surface area contributed by atoms with E-state index >= 15 is 0 Å². The van der Waals surface area contributed by atoms with Crippen LogP contribution in [0.3, 0.4) is 0 Å². The fourth-order valence-electron chi connectivity index (χ4n) is 3.24. The number of hydrogen-bond acceptors (Lipinski definition) is 4. The third-order valence-corrected chi connectivity index (χ3v) is 4.03. The van der Waals surface area contributed by atoms with Gasteiger partial charge in [-0.1, -0.05) is 0 Å². The molecular weight excluding hydrogens is 234 g/mol. The quantitative estimate of drug-likeness (QED) is 0.694. The molecule has 0 radical (unpaired) electrons. The fraction of sp³-hybridized carbons (Fsp3) is 0.846. The van der Waals surface area contributed by atoms with Crippen LogP contribution in [0.4, 0.5) is 0 Å². The molecule has 5 heteroatoms. The molecule has 1 spiro atoms. The Balaban J connectivity index is 2.19. The van der Waals surface area contributed by atoms with Crippen LogP contribution in [0.2, 0.25) is 0 Å². The van der Waals surface area contributed by atoms with Gasteiger partial charge in [0.25, 0.3) is 0 Å². The average molecular weight is 255 g/mol. The Morgan fingerprint density at radius 3 is 2.56 bits per heavy atom. The summed E-state index contributed by atoms with van der Waals surface area (Å²) in [4.78, 5) is 25.6. The minimum atomic E-state index is -0.402. The summed E-state index contributed by atoms with van der Waals surface area (Å²) >= 11 is 0. The summed E-state index contributed by atoms with van der Waals surface area (Å²) in [7, 11) is 0. The summed E-state index contributed by atoms with van der Waals surface area (Å²) in [5.41, 5.74) is -0.179. The molecule has 1 amide bonds. The highest BCUT2D eigenvalue weighted by Crippen LogP contribution is 2.41. The first-order valence-electron chi connectivity index (χ1n) is 6.65. The molecule has 0 bridgehead atoms. The monoisotopic (exact) mass is 255 g/mol. The number of likely N-dealkylation sites (tertiary alicyclic amines) is 1. The van der Waals surface area contributed by atoms with Crippen molar-refractivity contribution in [3.05, 3.63) is 0 Å². The van der Waals surface area contributed by atoms with Gasteiger partial charge in [-0.25, -0.2) is 4.79 Å². The second-order valence-electron chi connectivity index (χ2n) is 5.03. The maximum Gasteiger partial charge on any atom is 0.328 e. The lowest BCUT2D eigenvalue weighted by molar-refractivity contribution is -0.157. The zero-order valence-electron chi connectivity index (χ0n) is 11.1. The molecule has 5 nitrogen and oxygen atoms in total. The van der Waals surface area contributed by atoms with Crippen molar-refractivity contribution in [2.24, 2.45) is 0 Å². The van der Waals surface area contributed by atoms with Gasteiger partial charge in [0.2, 0.25) is 5.91 Å². The molecule has 0 N–H and O–H groups in total. The van der Waals surface area contributed by atoms with Gasteiger partial charge in [-0.2, -0.15) is 0 Å². The van der Waals surface area contributed by atoms with Gasteiger partial charge in [0.1, 0.15) is 6.04 Å². The summed E-state index contributed by atoms with van der Waals surface area (Å²) in [6.07, 6.45) is 3.23. The highest BCUT2D eigenvalue weighted by atomic mass is 16.5. The number of hydrogen-bond donors (Lipinski definition) is 0. The van der Waals surface area contributed by atoms with E-state index in [1.165, 1.54) is 6.92 Å². The van der Waals surface area contributed by atoms with Crippen molar-refractivity contribution in [2.45, 2.75) is 51.1 Å². The lowest BCUT2D eigenvalue weighted by Crippen LogP contribution is -2.54. The summed E-state index contributed by atoms with van der Waals surface area (Å²) in [6, 6.07) is -0.402. The number of ether oxygens (including phenoxy) is 2. The minimum absolute atomic E-state index is 0.0348. The standard InChI is InChI=1S/C13H21NO4/c1-3-18-12(16)11-4-5-13(14(11)10(2)15)6-8-17-9-7-13/h11H,3-9H2,1-2H3/t11-/m1/s1. The summed E-state index contributed by atoms with van der Waals surface area (Å²) in [6.45, 7) is 5.01. The lowest BCUT2D eigenvalue weighted by Gasteiger charge is -2.42. The average Bonchev–Trinajstić information content (AvgIpc) is 2.70. The van der Waals surface area contributed by atoms with Crippen LogP contribution in [-0.4, -0.2) is 48.2 Å². The van der Waals surface area contributed by atoms with E-state index in [9.17, 15) is 9.59 Å². The van der Waals surface area contributed by atoms with E-state index < -0.39 is 6.04 Å². The van der Waals surface area contributed by atoms with E-state index in [2.05, 4.69) is 0 Å². The smallest absolute Gasteiger partial charge is 0.328 e. The SMILES string of the molecule is CCOC(=O)[C@H]1CCC2(CCOCC2)N1C(C)=O. The molecule has 102 valence electrons. The molecule has 18 heavy (non-hydrogen) atoms. The van der Waals surface area contributed by atoms with Crippen molar-refractivity contribution in [1.82, 2.24) is 4.90 Å². The highest BCUT2D eigenvalue weighted by Gasteiger charge is 2.51. The molecule has 0 aromatic rings. The highest BCUT2D eigenvalue weighted by molar-refractivity contribution is 5.84. The lowest BCUT2D eigenvalue weighted by atomic mass is 9.87. The Hall–Kier alpha value is -1.10. The van der Waals surface area contributed by atoms with Crippen molar-refractivity contribution in [1.29, 1.82) is 0 Å². The topological polar surface area (TPSA) is 55.8 Å². The molecule has 2 rings (SSSR count). The summed E-state index contributed by atoms with van der Waals surface area (Å²) in [5.74, 6) is -0.302. The number of esters is 1. The van der Waals surface area contributed by atoms with E-state index in [0.717, 1.165) is 19.3 Å². The summed E-state index contributed by atoms with van der Waals surface area (Å²) in [5, 5.41) is 0. The van der Waals surface area contributed by atoms with Crippen LogP contribution in [0.1, 0.15) is 39.5 Å². The first-order chi connectivity index (χ1) is 8.60. The van der Waals surface area contributed by atoms with Crippen LogP contribution in [0, 0.1) is 0 Å². The van der Waals surface area contributed by atoms with Crippen molar-refractivity contribution >= 4 is 11.9 Å². The van der Waals surface area contributed by atoms with E-state index in [1.807, 2.05) is 0 Å². The first-order valence-corrected chi connectivity index (χ1v) is 6.65. The molecule has 2 fully saturated rings. The van der Waals surface area contributed by atoms with Crippen LogP contribution < -0.4 is 0 Å². The molecular formula is C13H21NO4. The molecule has 1 atom stereocenters. The molecule has 2 aliphatic rings. The number of amides is 1. The normalized spacial score (nSPS) is 26.3. The van der Waals surface area contributed by atoms with Gasteiger partial charge in [0.15, 0.2) is 0 Å². The van der Waals surface area contributed by atoms with E-state index in [-0.39, 0.29) is 17.4 Å². The largest absolute Gasteiger partial charge is 0.464 e. The van der Waals surface area contributed by atoms with Crippen LogP contribution in [0.5, 0.6) is 0 Å². The molecule has 0 aliphatic carbocycles. The third kappa shape index (κ3) is 2.23. The van der Waals surface area contributed by atoms with Gasteiger partial charge in [-0.15, -0.1) is 0 Å². The van der Waals surface area contributed by atoms with E-state index in [1.54, 1.807) is 11.8 Å². The molecule has 2 aliphatic heterocycles. The minimum Gasteiger partial charge on any atom is -0.464 e. The summed E-state index contributed by atoms with van der Waals surface area (Å²) < 4.78 is 10.4. The van der Waals surface area contributed by atoms with Crippen LogP contribution in [0.25, 0.3) is 0 Å². The van der Waals surface area contributed by atoms with Gasteiger partial charge in [0.05, 0.1) is 6.61 Å². The number of nitrogens with zero attached hydrogens (tertiary/aromatic N) is 1. The van der Waals surface area contributed by atoms with Gasteiger partial charge < -0.3 is 14.4 Å². The van der Waals surface area contributed by atoms with Crippen LogP contribution in [0.15, 0.2) is 0 Å². The van der Waals surface area contributed by atoms with E-state index in [4.69, 9.17) is 9.47 Å². The Morgan fingerprint density at radius 1 is 1.33 bits per heavy atom. The van der Waals surface area contributed by atoms with Gasteiger partial charge in [-0.05, 0) is 32.6 Å². The number of carbonyl (C=O) groups excluding carboxylic acids is 2. The van der Waals surface area contributed by atoms with Crippen molar-refractivity contribution < 1.29 is 19.1 Å². The Labute approximate surface area is 107 Å². The van der Waals surface area contributed by atoms with Gasteiger partial charge >= 0.3 is 5.97 Å². The maximum atomic E-state index is 11.9. The zero-order chi connectivity index (χ0) is 13.2. The van der Waals surface area contributed by atoms with Crippen LogP contribution in [-0.2, 0) is 19.1 Å². The predicted octanol–water partition coefficient (Wildman–Crippen LogP) is 1.11. The fourth-order valence-corrected chi connectivity index (χ4v) is 3.24. The van der Waals surface area contributed by atoms with Crippen molar-refractivity contribution in [3.8, 4) is 0 Å². The van der Waals surface area contributed by atoms with Crippen molar-refractivity contribution in [3.63, 3.8) is 0 Å².